The van der Waals surface area contributed by atoms with E-state index in [9.17, 15) is 4.89 Å². The molecule has 0 spiro atoms. The minimum atomic E-state index is -2.55. The zero-order chi connectivity index (χ0) is 9.07. The van der Waals surface area contributed by atoms with Crippen molar-refractivity contribution in [1.29, 1.82) is 0 Å². The third kappa shape index (κ3) is 9.69. The summed E-state index contributed by atoms with van der Waals surface area (Å²) in [5.41, 5.74) is -2.55. The molecule has 0 aromatic carbocycles. The van der Waals surface area contributed by atoms with E-state index in [0.29, 0.717) is 5.25 Å². The van der Waals surface area contributed by atoms with Crippen LogP contribution in [-0.2, 0) is 37.4 Å². The largest absolute Gasteiger partial charge is 0.337 e. The van der Waals surface area contributed by atoms with Gasteiger partial charge >= 0.3 is 0 Å². The average molecular weight is 310 g/mol. The van der Waals surface area contributed by atoms with Gasteiger partial charge in [-0.2, -0.15) is 0 Å². The topological polar surface area (TPSA) is 29.5 Å². The molecular weight excluding hydrogens is 295 g/mol. The van der Waals surface area contributed by atoms with Crippen LogP contribution < -0.4 is 0 Å². The van der Waals surface area contributed by atoms with Crippen molar-refractivity contribution in [3.63, 3.8) is 0 Å². The molecule has 0 saturated heterocycles. The zero-order valence-corrected chi connectivity index (χ0v) is 12.2. The van der Waals surface area contributed by atoms with Crippen LogP contribution in [0.3, 0.4) is 0 Å². The first-order valence-electron chi connectivity index (χ1n) is 3.53. The molecule has 1 unspecified atom stereocenters. The van der Waals surface area contributed by atoms with Crippen LogP contribution in [0.15, 0.2) is 0 Å². The standard InChI is InChI=1S/C6H15O2PS2.Mo/c1-5(2)8-9(7,10)11-6(3)4;/h5-6H,1-4H3,(H,7,10);. The van der Waals surface area contributed by atoms with Crippen molar-refractivity contribution in [2.75, 3.05) is 0 Å². The van der Waals surface area contributed by atoms with Crippen molar-refractivity contribution in [1.82, 2.24) is 0 Å². The predicted octanol–water partition coefficient (Wildman–Crippen LogP) is 2.77. The maximum absolute atomic E-state index is 9.52. The van der Waals surface area contributed by atoms with Gasteiger partial charge in [0.2, 0.25) is 5.69 Å². The molecular formula is C6H15MoO2PS2. The van der Waals surface area contributed by atoms with Crippen molar-refractivity contribution in [2.24, 2.45) is 0 Å². The van der Waals surface area contributed by atoms with E-state index in [1.807, 2.05) is 27.7 Å². The summed E-state index contributed by atoms with van der Waals surface area (Å²) in [4.78, 5) is 9.52. The first-order chi connectivity index (χ1) is 4.83. The monoisotopic (exact) mass is 312 g/mol. The summed E-state index contributed by atoms with van der Waals surface area (Å²) < 4.78 is 5.19. The van der Waals surface area contributed by atoms with E-state index in [-0.39, 0.29) is 27.2 Å². The van der Waals surface area contributed by atoms with Crippen molar-refractivity contribution in [3.05, 3.63) is 0 Å². The molecule has 12 heavy (non-hydrogen) atoms. The van der Waals surface area contributed by atoms with E-state index in [2.05, 4.69) is 0 Å². The Balaban J connectivity index is 0. The molecule has 0 rings (SSSR count). The van der Waals surface area contributed by atoms with Crippen LogP contribution in [0.25, 0.3) is 0 Å². The van der Waals surface area contributed by atoms with Crippen molar-refractivity contribution in [3.8, 4) is 0 Å². The fourth-order valence-electron chi connectivity index (χ4n) is 0.558. The molecule has 74 valence electrons. The summed E-state index contributed by atoms with van der Waals surface area (Å²) >= 11 is 6.25. The minimum absolute atomic E-state index is 0. The van der Waals surface area contributed by atoms with E-state index >= 15 is 0 Å². The molecule has 0 heterocycles. The van der Waals surface area contributed by atoms with Crippen LogP contribution in [0.2, 0.25) is 0 Å². The maximum Gasteiger partial charge on any atom is 0.245 e. The summed E-state index contributed by atoms with van der Waals surface area (Å²) in [7, 11) is 0. The third-order valence-corrected chi connectivity index (χ3v) is 5.42. The van der Waals surface area contributed by atoms with E-state index in [4.69, 9.17) is 16.3 Å². The molecule has 1 N–H and O–H groups in total. The van der Waals surface area contributed by atoms with Gasteiger partial charge in [-0.3, -0.25) is 0 Å². The summed E-state index contributed by atoms with van der Waals surface area (Å²) in [6.45, 7) is 7.73. The molecule has 0 aromatic heterocycles. The molecule has 0 bridgehead atoms. The first-order valence-corrected chi connectivity index (χ1v) is 7.69. The molecule has 2 nitrogen and oxygen atoms in total. The van der Waals surface area contributed by atoms with E-state index < -0.39 is 5.69 Å². The Morgan fingerprint density at radius 2 is 1.75 bits per heavy atom. The number of rotatable bonds is 4. The number of hydrogen-bond donors (Lipinski definition) is 1. The quantitative estimate of drug-likeness (QED) is 0.639. The van der Waals surface area contributed by atoms with Gasteiger partial charge in [0.15, 0.2) is 0 Å². The Morgan fingerprint density at radius 3 is 2.00 bits per heavy atom. The van der Waals surface area contributed by atoms with Gasteiger partial charge in [-0.25, -0.2) is 0 Å². The Kier molecular flexibility index (Phi) is 9.33. The normalized spacial score (nSPS) is 15.9. The number of hydrogen-bond acceptors (Lipinski definition) is 3. The molecule has 0 aliphatic carbocycles. The van der Waals surface area contributed by atoms with Crippen molar-refractivity contribution in [2.45, 2.75) is 39.0 Å². The van der Waals surface area contributed by atoms with Gasteiger partial charge in [0.1, 0.15) is 0 Å². The van der Waals surface area contributed by atoms with Gasteiger partial charge < -0.3 is 9.42 Å². The Hall–Kier alpha value is 1.61. The summed E-state index contributed by atoms with van der Waals surface area (Å²) in [6, 6.07) is 0. The zero-order valence-electron chi connectivity index (χ0n) is 7.68. The second-order valence-corrected chi connectivity index (χ2v) is 9.37. The molecule has 0 aromatic rings. The third-order valence-electron chi connectivity index (χ3n) is 0.688. The molecule has 6 heteroatoms. The van der Waals surface area contributed by atoms with E-state index in [0.717, 1.165) is 0 Å². The molecule has 0 radical (unpaired) electrons. The summed E-state index contributed by atoms with van der Waals surface area (Å²) in [5.74, 6) is 0. The second-order valence-electron chi connectivity index (χ2n) is 2.78. The molecule has 0 amide bonds. The van der Waals surface area contributed by atoms with Crippen molar-refractivity contribution >= 4 is 28.9 Å². The summed E-state index contributed by atoms with van der Waals surface area (Å²) in [5, 5.41) is 0.324. The van der Waals surface area contributed by atoms with Crippen LogP contribution >= 0.6 is 17.1 Å². The van der Waals surface area contributed by atoms with Gasteiger partial charge in [-0.15, -0.1) is 0 Å². The van der Waals surface area contributed by atoms with Crippen LogP contribution in [0, 0.1) is 0 Å². The van der Waals surface area contributed by atoms with Crippen LogP contribution in [0.5, 0.6) is 0 Å². The Morgan fingerprint density at radius 1 is 1.33 bits per heavy atom. The SMILES string of the molecule is CC(C)OP(O)(=S)SC(C)C.[Mo]. The fraction of sp³-hybridized carbons (Fsp3) is 1.00. The van der Waals surface area contributed by atoms with Crippen LogP contribution in [0.1, 0.15) is 27.7 Å². The van der Waals surface area contributed by atoms with Gasteiger partial charge in [0, 0.05) is 26.3 Å². The Labute approximate surface area is 98.0 Å². The second kappa shape index (κ2) is 6.97. The summed E-state index contributed by atoms with van der Waals surface area (Å²) in [6.07, 6.45) is 0.0112. The minimum Gasteiger partial charge on any atom is -0.337 e. The van der Waals surface area contributed by atoms with Gasteiger partial charge in [0.25, 0.3) is 0 Å². The molecule has 0 fully saturated rings. The van der Waals surface area contributed by atoms with Gasteiger partial charge in [-0.05, 0) is 25.7 Å². The van der Waals surface area contributed by atoms with E-state index in [1.165, 1.54) is 11.4 Å². The molecule has 0 aliphatic heterocycles. The first kappa shape index (κ1) is 16.1. The molecule has 1 atom stereocenters. The average Bonchev–Trinajstić information content (AvgIpc) is 1.53. The molecule has 0 saturated carbocycles. The van der Waals surface area contributed by atoms with Crippen molar-refractivity contribution < 1.29 is 30.5 Å². The van der Waals surface area contributed by atoms with Gasteiger partial charge in [-0.1, -0.05) is 25.2 Å². The predicted molar refractivity (Wildman–Crippen MR) is 55.5 cm³/mol. The fourth-order valence-corrected chi connectivity index (χ4v) is 6.00. The van der Waals surface area contributed by atoms with E-state index in [1.54, 1.807) is 0 Å². The van der Waals surface area contributed by atoms with Crippen LogP contribution in [0.4, 0.5) is 0 Å². The maximum atomic E-state index is 9.52. The molecule has 0 aliphatic rings. The Bertz CT molecular complexity index is 150. The smallest absolute Gasteiger partial charge is 0.245 e. The van der Waals surface area contributed by atoms with Gasteiger partial charge in [0.05, 0.1) is 6.10 Å². The van der Waals surface area contributed by atoms with Crippen LogP contribution in [-0.4, -0.2) is 16.2 Å².